The van der Waals surface area contributed by atoms with Crippen molar-refractivity contribution in [3.63, 3.8) is 0 Å². The Balaban J connectivity index is 1.56. The van der Waals surface area contributed by atoms with Crippen molar-refractivity contribution in [1.82, 2.24) is 9.88 Å². The molecule has 31 heavy (non-hydrogen) atoms. The molecular weight excluding hydrogens is 388 g/mol. The highest BCUT2D eigenvalue weighted by atomic mass is 16.5. The van der Waals surface area contributed by atoms with Crippen molar-refractivity contribution in [2.75, 3.05) is 6.61 Å². The van der Waals surface area contributed by atoms with Crippen LogP contribution in [0.2, 0.25) is 0 Å². The average molecular weight is 427 g/mol. The molecule has 1 aliphatic rings. The van der Waals surface area contributed by atoms with Gasteiger partial charge >= 0.3 is 5.97 Å². The molecule has 2 aromatic rings. The summed E-state index contributed by atoms with van der Waals surface area (Å²) in [5, 5.41) is 4.45. The third-order valence-corrected chi connectivity index (χ3v) is 6.34. The molecule has 1 atom stereocenters. The lowest BCUT2D eigenvalue weighted by Crippen LogP contribution is -2.39. The van der Waals surface area contributed by atoms with E-state index < -0.39 is 0 Å². The van der Waals surface area contributed by atoms with Gasteiger partial charge in [0.15, 0.2) is 0 Å². The van der Waals surface area contributed by atoms with Gasteiger partial charge in [-0.05, 0) is 44.2 Å². The first kappa shape index (κ1) is 23.4. The lowest BCUT2D eigenvalue weighted by Gasteiger charge is -2.25. The highest BCUT2D eigenvalue weighted by molar-refractivity contribution is 5.87. The van der Waals surface area contributed by atoms with Crippen molar-refractivity contribution in [3.05, 3.63) is 35.5 Å². The van der Waals surface area contributed by atoms with Crippen LogP contribution in [0.4, 0.5) is 0 Å². The third kappa shape index (κ3) is 6.34. The zero-order valence-electron chi connectivity index (χ0n) is 19.3. The van der Waals surface area contributed by atoms with Crippen LogP contribution in [-0.2, 0) is 33.7 Å². The van der Waals surface area contributed by atoms with Crippen molar-refractivity contribution < 1.29 is 14.3 Å². The Bertz CT molecular complexity index is 871. The first-order valence-corrected chi connectivity index (χ1v) is 12.2. The van der Waals surface area contributed by atoms with Gasteiger partial charge in [0.25, 0.3) is 0 Å². The molecule has 0 bridgehead atoms. The number of esters is 1. The van der Waals surface area contributed by atoms with Crippen molar-refractivity contribution in [3.8, 4) is 0 Å². The fourth-order valence-corrected chi connectivity index (χ4v) is 4.78. The van der Waals surface area contributed by atoms with Gasteiger partial charge in [-0.2, -0.15) is 0 Å². The third-order valence-electron chi connectivity index (χ3n) is 6.34. The molecule has 0 radical (unpaired) electrons. The number of hydrogen-bond donors (Lipinski definition) is 1. The van der Waals surface area contributed by atoms with Crippen LogP contribution >= 0.6 is 0 Å². The van der Waals surface area contributed by atoms with Crippen molar-refractivity contribution >= 4 is 22.8 Å². The molecule has 1 aliphatic carbocycles. The summed E-state index contributed by atoms with van der Waals surface area (Å²) in [7, 11) is 0. The number of hydrogen-bond acceptors (Lipinski definition) is 3. The summed E-state index contributed by atoms with van der Waals surface area (Å²) >= 11 is 0. The molecule has 1 amide bonds. The first-order chi connectivity index (χ1) is 15.1. The standard InChI is InChI=1S/C26H38N2O3/c1-3-5-6-7-8-9-10-15-25(29)27-20-16-17-24-22(18-20)21-13-11-12-14-23(21)28(24)19-26(30)31-4-2/h11-14,20H,3-10,15-19H2,1-2H3,(H,27,29)/t20-/m0/s1. The van der Waals surface area contributed by atoms with E-state index in [2.05, 4.69) is 28.9 Å². The van der Waals surface area contributed by atoms with Crippen LogP contribution in [0.15, 0.2) is 24.3 Å². The van der Waals surface area contributed by atoms with Crippen LogP contribution < -0.4 is 5.32 Å². The molecule has 0 spiro atoms. The Hall–Kier alpha value is -2.30. The number of amides is 1. The highest BCUT2D eigenvalue weighted by Gasteiger charge is 2.27. The highest BCUT2D eigenvalue weighted by Crippen LogP contribution is 2.32. The van der Waals surface area contributed by atoms with E-state index in [0.717, 1.165) is 37.6 Å². The number of fused-ring (bicyclic) bond motifs is 3. The van der Waals surface area contributed by atoms with Gasteiger partial charge < -0.3 is 14.6 Å². The van der Waals surface area contributed by atoms with E-state index >= 15 is 0 Å². The number of ether oxygens (including phenoxy) is 1. The van der Waals surface area contributed by atoms with Gasteiger partial charge in [-0.25, -0.2) is 0 Å². The zero-order valence-corrected chi connectivity index (χ0v) is 19.3. The largest absolute Gasteiger partial charge is 0.465 e. The second-order valence-electron chi connectivity index (χ2n) is 8.71. The van der Waals surface area contributed by atoms with E-state index in [1.807, 2.05) is 19.1 Å². The minimum Gasteiger partial charge on any atom is -0.465 e. The van der Waals surface area contributed by atoms with Crippen molar-refractivity contribution in [2.24, 2.45) is 0 Å². The van der Waals surface area contributed by atoms with Crippen molar-refractivity contribution in [1.29, 1.82) is 0 Å². The first-order valence-electron chi connectivity index (χ1n) is 12.2. The Kier molecular flexibility index (Phi) is 8.98. The number of carbonyl (C=O) groups excluding carboxylic acids is 2. The lowest BCUT2D eigenvalue weighted by molar-refractivity contribution is -0.143. The normalized spacial score (nSPS) is 15.6. The van der Waals surface area contributed by atoms with Gasteiger partial charge in [-0.1, -0.05) is 63.6 Å². The molecule has 0 fully saturated rings. The molecule has 1 aromatic carbocycles. The van der Waals surface area contributed by atoms with E-state index in [4.69, 9.17) is 4.74 Å². The molecule has 0 saturated heterocycles. The molecule has 0 aliphatic heterocycles. The fourth-order valence-electron chi connectivity index (χ4n) is 4.78. The Morgan fingerprint density at radius 2 is 1.81 bits per heavy atom. The number of para-hydroxylation sites is 1. The molecule has 1 heterocycles. The molecule has 3 rings (SSSR count). The van der Waals surface area contributed by atoms with Gasteiger partial charge in [0.05, 0.1) is 6.61 Å². The second-order valence-corrected chi connectivity index (χ2v) is 8.71. The number of aromatic nitrogens is 1. The summed E-state index contributed by atoms with van der Waals surface area (Å²) in [6.07, 6.45) is 11.8. The minimum absolute atomic E-state index is 0.173. The zero-order chi connectivity index (χ0) is 22.1. The summed E-state index contributed by atoms with van der Waals surface area (Å²) in [4.78, 5) is 24.6. The number of rotatable bonds is 12. The van der Waals surface area contributed by atoms with Crippen LogP contribution in [0.25, 0.3) is 10.9 Å². The number of carbonyl (C=O) groups is 2. The summed E-state index contributed by atoms with van der Waals surface area (Å²) in [5.74, 6) is -0.0200. The maximum Gasteiger partial charge on any atom is 0.325 e. The molecule has 5 nitrogen and oxygen atoms in total. The van der Waals surface area contributed by atoms with E-state index in [1.165, 1.54) is 48.7 Å². The fraction of sp³-hybridized carbons (Fsp3) is 0.615. The van der Waals surface area contributed by atoms with Crippen LogP contribution in [0.3, 0.4) is 0 Å². The molecule has 0 unspecified atom stereocenters. The minimum atomic E-state index is -0.198. The van der Waals surface area contributed by atoms with E-state index in [0.29, 0.717) is 13.0 Å². The Morgan fingerprint density at radius 3 is 2.58 bits per heavy atom. The molecule has 170 valence electrons. The van der Waals surface area contributed by atoms with E-state index in [9.17, 15) is 9.59 Å². The lowest BCUT2D eigenvalue weighted by atomic mass is 9.91. The number of benzene rings is 1. The summed E-state index contributed by atoms with van der Waals surface area (Å²) < 4.78 is 7.30. The summed E-state index contributed by atoms with van der Waals surface area (Å²) in [6.45, 7) is 4.71. The van der Waals surface area contributed by atoms with E-state index in [-0.39, 0.29) is 24.5 Å². The van der Waals surface area contributed by atoms with Crippen LogP contribution in [0.1, 0.15) is 82.9 Å². The Morgan fingerprint density at radius 1 is 1.06 bits per heavy atom. The molecule has 1 aromatic heterocycles. The molecular formula is C26H38N2O3. The van der Waals surface area contributed by atoms with Gasteiger partial charge in [0.1, 0.15) is 6.54 Å². The maximum atomic E-state index is 12.5. The van der Waals surface area contributed by atoms with Gasteiger partial charge in [-0.15, -0.1) is 0 Å². The van der Waals surface area contributed by atoms with Crippen LogP contribution in [0.5, 0.6) is 0 Å². The van der Waals surface area contributed by atoms with Crippen LogP contribution in [-0.4, -0.2) is 29.1 Å². The number of nitrogens with zero attached hydrogens (tertiary/aromatic N) is 1. The summed E-state index contributed by atoms with van der Waals surface area (Å²) in [5.41, 5.74) is 3.56. The molecule has 0 saturated carbocycles. The quantitative estimate of drug-likeness (QED) is 0.369. The maximum absolute atomic E-state index is 12.5. The molecule has 5 heteroatoms. The van der Waals surface area contributed by atoms with Gasteiger partial charge in [-0.3, -0.25) is 9.59 Å². The SMILES string of the molecule is CCCCCCCCCC(=O)N[C@H]1CCc2c(c3ccccc3n2CC(=O)OCC)C1. The summed E-state index contributed by atoms with van der Waals surface area (Å²) in [6, 6.07) is 8.42. The van der Waals surface area contributed by atoms with Gasteiger partial charge in [0, 0.05) is 29.1 Å². The number of unbranched alkanes of at least 4 members (excludes halogenated alkanes) is 6. The van der Waals surface area contributed by atoms with Gasteiger partial charge in [0.2, 0.25) is 5.91 Å². The van der Waals surface area contributed by atoms with Crippen molar-refractivity contribution in [2.45, 2.75) is 97.1 Å². The topological polar surface area (TPSA) is 60.3 Å². The van der Waals surface area contributed by atoms with Crippen LogP contribution in [0, 0.1) is 0 Å². The second kappa shape index (κ2) is 11.9. The molecule has 1 N–H and O–H groups in total. The average Bonchev–Trinajstić information content (AvgIpc) is 3.06. The monoisotopic (exact) mass is 426 g/mol. The van der Waals surface area contributed by atoms with E-state index in [1.54, 1.807) is 0 Å². The predicted molar refractivity (Wildman–Crippen MR) is 125 cm³/mol. The smallest absolute Gasteiger partial charge is 0.325 e. The Labute approximate surface area is 186 Å². The predicted octanol–water partition coefficient (Wildman–Crippen LogP) is 5.32. The number of nitrogens with one attached hydrogen (secondary N) is 1.